The number of hydrogen-bond acceptors (Lipinski definition) is 3. The summed E-state index contributed by atoms with van der Waals surface area (Å²) in [6.07, 6.45) is 0. The Hall–Kier alpha value is -0.810. The van der Waals surface area contributed by atoms with Gasteiger partial charge in [-0.2, -0.15) is 0 Å². The number of carbonyl (C=O) groups is 1. The van der Waals surface area contributed by atoms with Crippen molar-refractivity contribution in [3.05, 3.63) is 33.8 Å². The molecule has 0 aliphatic carbocycles. The van der Waals surface area contributed by atoms with Crippen LogP contribution in [0.2, 0.25) is 10.0 Å². The lowest BCUT2D eigenvalue weighted by Crippen LogP contribution is -2.52. The molecule has 0 spiro atoms. The maximum atomic E-state index is 12.5. The molecule has 1 aromatic carbocycles. The maximum Gasteiger partial charge on any atom is 0.255 e. The molecule has 0 bridgehead atoms. The number of nitrogens with zero attached hydrogens (tertiary/aromatic N) is 2. The van der Waals surface area contributed by atoms with Crippen molar-refractivity contribution in [2.24, 2.45) is 0 Å². The minimum absolute atomic E-state index is 0.0698. The number of hydrogen-bond donors (Lipinski definition) is 1. The van der Waals surface area contributed by atoms with E-state index in [1.54, 1.807) is 36.9 Å². The Morgan fingerprint density at radius 2 is 1.86 bits per heavy atom. The Morgan fingerprint density at radius 1 is 1.24 bits per heavy atom. The van der Waals surface area contributed by atoms with Crippen LogP contribution in [-0.4, -0.2) is 59.1 Å². The predicted molar refractivity (Wildman–Crippen MR) is 85.1 cm³/mol. The van der Waals surface area contributed by atoms with Crippen molar-refractivity contribution >= 4 is 29.1 Å². The molecule has 6 heteroatoms. The highest BCUT2D eigenvalue weighted by Gasteiger charge is 2.26. The molecule has 1 aliphatic heterocycles. The zero-order valence-corrected chi connectivity index (χ0v) is 13.8. The van der Waals surface area contributed by atoms with Gasteiger partial charge in [0.15, 0.2) is 0 Å². The van der Waals surface area contributed by atoms with E-state index in [2.05, 4.69) is 4.90 Å². The Kier molecular flexibility index (Phi) is 5.15. The molecule has 0 atom stereocenters. The second kappa shape index (κ2) is 6.53. The molecule has 116 valence electrons. The first-order chi connectivity index (χ1) is 9.76. The molecule has 0 radical (unpaired) electrons. The number of amides is 1. The van der Waals surface area contributed by atoms with Crippen molar-refractivity contribution in [3.63, 3.8) is 0 Å². The second-order valence-corrected chi connectivity index (χ2v) is 6.85. The number of carbonyl (C=O) groups excluding carboxylic acids is 1. The lowest BCUT2D eigenvalue weighted by molar-refractivity contribution is 0.0178. The first-order valence-electron chi connectivity index (χ1n) is 6.95. The Bertz CT molecular complexity index is 521. The summed E-state index contributed by atoms with van der Waals surface area (Å²) >= 11 is 11.9. The van der Waals surface area contributed by atoms with E-state index >= 15 is 0 Å². The van der Waals surface area contributed by atoms with Gasteiger partial charge < -0.3 is 10.0 Å². The largest absolute Gasteiger partial charge is 0.389 e. The number of aliphatic hydroxyl groups is 1. The average molecular weight is 331 g/mol. The van der Waals surface area contributed by atoms with Crippen LogP contribution in [0.25, 0.3) is 0 Å². The summed E-state index contributed by atoms with van der Waals surface area (Å²) in [5.41, 5.74) is -0.233. The van der Waals surface area contributed by atoms with Gasteiger partial charge in [0.1, 0.15) is 0 Å². The Balaban J connectivity index is 1.97. The molecular weight excluding hydrogens is 311 g/mol. The van der Waals surface area contributed by atoms with Gasteiger partial charge in [0.2, 0.25) is 0 Å². The van der Waals surface area contributed by atoms with Crippen LogP contribution in [0.1, 0.15) is 24.2 Å². The van der Waals surface area contributed by atoms with Crippen molar-refractivity contribution < 1.29 is 9.90 Å². The Labute approximate surface area is 135 Å². The van der Waals surface area contributed by atoms with E-state index in [-0.39, 0.29) is 5.91 Å². The highest BCUT2D eigenvalue weighted by molar-refractivity contribution is 6.36. The SMILES string of the molecule is CC(C)(O)CN1CCN(C(=O)c2ccc(Cl)cc2Cl)CC1. The number of β-amino-alcohol motifs (C(OH)–C–C–N with tert-alkyl or cyclic N) is 1. The van der Waals surface area contributed by atoms with Crippen LogP contribution in [0.3, 0.4) is 0 Å². The number of benzene rings is 1. The van der Waals surface area contributed by atoms with Gasteiger partial charge in [0, 0.05) is 37.7 Å². The van der Waals surface area contributed by atoms with Gasteiger partial charge in [-0.05, 0) is 32.0 Å². The van der Waals surface area contributed by atoms with Gasteiger partial charge >= 0.3 is 0 Å². The molecule has 1 fully saturated rings. The molecule has 1 heterocycles. The number of piperazine rings is 1. The summed E-state index contributed by atoms with van der Waals surface area (Å²) in [5.74, 6) is -0.0698. The van der Waals surface area contributed by atoms with Crippen molar-refractivity contribution in [2.45, 2.75) is 19.4 Å². The van der Waals surface area contributed by atoms with Crippen molar-refractivity contribution in [2.75, 3.05) is 32.7 Å². The molecule has 1 aromatic rings. The third-order valence-corrected chi connectivity index (χ3v) is 3.98. The average Bonchev–Trinajstić information content (AvgIpc) is 2.37. The van der Waals surface area contributed by atoms with Crippen molar-refractivity contribution in [3.8, 4) is 0 Å². The van der Waals surface area contributed by atoms with E-state index in [1.807, 2.05) is 0 Å². The van der Waals surface area contributed by atoms with Gasteiger partial charge in [-0.25, -0.2) is 0 Å². The normalized spacial score (nSPS) is 17.1. The first-order valence-corrected chi connectivity index (χ1v) is 7.71. The Morgan fingerprint density at radius 3 is 2.38 bits per heavy atom. The van der Waals surface area contributed by atoms with E-state index in [9.17, 15) is 9.90 Å². The smallest absolute Gasteiger partial charge is 0.255 e. The van der Waals surface area contributed by atoms with Crippen molar-refractivity contribution in [1.29, 1.82) is 0 Å². The number of rotatable bonds is 3. The molecular formula is C15H20Cl2N2O2. The zero-order chi connectivity index (χ0) is 15.6. The van der Waals surface area contributed by atoms with Gasteiger partial charge in [0.25, 0.3) is 5.91 Å². The maximum absolute atomic E-state index is 12.5. The third kappa shape index (κ3) is 4.58. The summed E-state index contributed by atoms with van der Waals surface area (Å²) in [4.78, 5) is 16.4. The fourth-order valence-corrected chi connectivity index (χ4v) is 2.98. The fourth-order valence-electron chi connectivity index (χ4n) is 2.49. The molecule has 1 saturated heterocycles. The molecule has 21 heavy (non-hydrogen) atoms. The highest BCUT2D eigenvalue weighted by atomic mass is 35.5. The van der Waals surface area contributed by atoms with Crippen LogP contribution in [0.15, 0.2) is 18.2 Å². The summed E-state index contributed by atoms with van der Waals surface area (Å²) in [6.45, 7) is 6.95. The van der Waals surface area contributed by atoms with Crippen LogP contribution in [0.4, 0.5) is 0 Å². The molecule has 1 aliphatic rings. The number of halogens is 2. The third-order valence-electron chi connectivity index (χ3n) is 3.43. The monoisotopic (exact) mass is 330 g/mol. The van der Waals surface area contributed by atoms with Gasteiger partial charge in [-0.15, -0.1) is 0 Å². The van der Waals surface area contributed by atoms with Crippen LogP contribution < -0.4 is 0 Å². The molecule has 0 saturated carbocycles. The van der Waals surface area contributed by atoms with Gasteiger partial charge in [0.05, 0.1) is 16.2 Å². The van der Waals surface area contributed by atoms with Gasteiger partial charge in [-0.3, -0.25) is 9.69 Å². The second-order valence-electron chi connectivity index (χ2n) is 6.00. The van der Waals surface area contributed by atoms with E-state index in [0.29, 0.717) is 35.2 Å². The van der Waals surface area contributed by atoms with Crippen LogP contribution >= 0.6 is 23.2 Å². The van der Waals surface area contributed by atoms with E-state index in [4.69, 9.17) is 23.2 Å². The lowest BCUT2D eigenvalue weighted by Gasteiger charge is -2.37. The molecule has 0 aromatic heterocycles. The first kappa shape index (κ1) is 16.6. The quantitative estimate of drug-likeness (QED) is 0.926. The molecule has 2 rings (SSSR count). The van der Waals surface area contributed by atoms with Crippen molar-refractivity contribution in [1.82, 2.24) is 9.80 Å². The molecule has 4 nitrogen and oxygen atoms in total. The van der Waals surface area contributed by atoms with Crippen LogP contribution in [0, 0.1) is 0 Å². The van der Waals surface area contributed by atoms with Crippen LogP contribution in [0.5, 0.6) is 0 Å². The summed E-state index contributed by atoms with van der Waals surface area (Å²) in [6, 6.07) is 4.92. The highest BCUT2D eigenvalue weighted by Crippen LogP contribution is 2.23. The zero-order valence-electron chi connectivity index (χ0n) is 12.3. The minimum atomic E-state index is -0.717. The van der Waals surface area contributed by atoms with E-state index in [1.165, 1.54) is 0 Å². The molecule has 1 amide bonds. The fraction of sp³-hybridized carbons (Fsp3) is 0.533. The topological polar surface area (TPSA) is 43.8 Å². The summed E-state index contributed by atoms with van der Waals surface area (Å²) in [5, 5.41) is 10.7. The summed E-state index contributed by atoms with van der Waals surface area (Å²) in [7, 11) is 0. The van der Waals surface area contributed by atoms with Crippen LogP contribution in [-0.2, 0) is 0 Å². The molecule has 1 N–H and O–H groups in total. The van der Waals surface area contributed by atoms with Gasteiger partial charge in [-0.1, -0.05) is 23.2 Å². The minimum Gasteiger partial charge on any atom is -0.389 e. The van der Waals surface area contributed by atoms with E-state index in [0.717, 1.165) is 13.1 Å². The standard InChI is InChI=1S/C15H20Cl2N2O2/c1-15(2,21)10-18-5-7-19(8-6-18)14(20)12-4-3-11(16)9-13(12)17/h3-4,9,21H,5-8,10H2,1-2H3. The lowest BCUT2D eigenvalue weighted by atomic mass is 10.1. The summed E-state index contributed by atoms with van der Waals surface area (Å²) < 4.78 is 0. The van der Waals surface area contributed by atoms with E-state index < -0.39 is 5.60 Å². The molecule has 0 unspecified atom stereocenters. The predicted octanol–water partition coefficient (Wildman–Crippen LogP) is 2.52.